The van der Waals surface area contributed by atoms with E-state index in [4.69, 9.17) is 0 Å². The molecule has 1 atom stereocenters. The van der Waals surface area contributed by atoms with Gasteiger partial charge in [-0.2, -0.15) is 0 Å². The second-order valence-corrected chi connectivity index (χ2v) is 6.71. The lowest BCUT2D eigenvalue weighted by Crippen LogP contribution is -2.36. The summed E-state index contributed by atoms with van der Waals surface area (Å²) in [5.74, 6) is -2.01. The van der Waals surface area contributed by atoms with Gasteiger partial charge in [-0.1, -0.05) is 0 Å². The van der Waals surface area contributed by atoms with Crippen molar-refractivity contribution in [1.29, 1.82) is 0 Å². The van der Waals surface area contributed by atoms with Gasteiger partial charge in [0.05, 0.1) is 18.8 Å². The predicted molar refractivity (Wildman–Crippen MR) is 98.1 cm³/mol. The summed E-state index contributed by atoms with van der Waals surface area (Å²) < 4.78 is 4.59. The highest BCUT2D eigenvalue weighted by atomic mass is 32.1. The SMILES string of the molecule is COC(=O)c1ccc(NC(=O)C(=O)NCCc2ccc(C(C)O)s2)cc1. The van der Waals surface area contributed by atoms with Crippen molar-refractivity contribution >= 4 is 34.8 Å². The van der Waals surface area contributed by atoms with E-state index in [2.05, 4.69) is 15.4 Å². The van der Waals surface area contributed by atoms with Gasteiger partial charge < -0.3 is 20.5 Å². The van der Waals surface area contributed by atoms with Gasteiger partial charge in [0, 0.05) is 22.0 Å². The third-order valence-corrected chi connectivity index (χ3v) is 4.84. The average Bonchev–Trinajstić information content (AvgIpc) is 3.10. The zero-order valence-electron chi connectivity index (χ0n) is 14.4. The zero-order valence-corrected chi connectivity index (χ0v) is 15.3. The summed E-state index contributed by atoms with van der Waals surface area (Å²) in [5.41, 5.74) is 0.750. The first-order valence-electron chi connectivity index (χ1n) is 7.95. The summed E-state index contributed by atoms with van der Waals surface area (Å²) in [5, 5.41) is 14.5. The number of rotatable bonds is 6. The molecule has 0 saturated heterocycles. The maximum absolute atomic E-state index is 11.9. The standard InChI is InChI=1S/C18H20N2O5S/c1-11(21)15-8-7-14(26-15)9-10-19-16(22)17(23)20-13-5-3-12(4-6-13)18(24)25-2/h3-8,11,21H,9-10H2,1-2H3,(H,19,22)(H,20,23). The van der Waals surface area contributed by atoms with E-state index in [1.165, 1.54) is 42.7 Å². The minimum Gasteiger partial charge on any atom is -0.465 e. The first-order valence-corrected chi connectivity index (χ1v) is 8.76. The van der Waals surface area contributed by atoms with Crippen LogP contribution in [0.1, 0.15) is 33.1 Å². The fourth-order valence-corrected chi connectivity index (χ4v) is 3.08. The Morgan fingerprint density at radius 3 is 2.38 bits per heavy atom. The fourth-order valence-electron chi connectivity index (χ4n) is 2.13. The molecule has 2 amide bonds. The maximum Gasteiger partial charge on any atom is 0.337 e. The predicted octanol–water partition coefficient (Wildman–Crippen LogP) is 1.89. The molecule has 0 aliphatic heterocycles. The van der Waals surface area contributed by atoms with Crippen LogP contribution in [0.25, 0.3) is 0 Å². The molecule has 1 unspecified atom stereocenters. The Kier molecular flexibility index (Phi) is 6.88. The molecule has 1 aromatic carbocycles. The molecule has 0 spiro atoms. The van der Waals surface area contributed by atoms with Crippen LogP contribution >= 0.6 is 11.3 Å². The number of hydrogen-bond acceptors (Lipinski definition) is 6. The number of thiophene rings is 1. The number of hydrogen-bond donors (Lipinski definition) is 3. The highest BCUT2D eigenvalue weighted by molar-refractivity contribution is 7.12. The summed E-state index contributed by atoms with van der Waals surface area (Å²) in [7, 11) is 1.28. The Hall–Kier alpha value is -2.71. The van der Waals surface area contributed by atoms with E-state index in [9.17, 15) is 19.5 Å². The largest absolute Gasteiger partial charge is 0.465 e. The Bertz CT molecular complexity index is 783. The van der Waals surface area contributed by atoms with Crippen LogP contribution in [-0.2, 0) is 20.7 Å². The molecule has 138 valence electrons. The van der Waals surface area contributed by atoms with Crippen LogP contribution in [0.4, 0.5) is 5.69 Å². The number of methoxy groups -OCH3 is 1. The van der Waals surface area contributed by atoms with E-state index in [-0.39, 0.29) is 0 Å². The molecule has 1 heterocycles. The summed E-state index contributed by atoms with van der Waals surface area (Å²) in [4.78, 5) is 36.9. The Labute approximate surface area is 155 Å². The molecule has 3 N–H and O–H groups in total. The number of carbonyl (C=O) groups is 3. The smallest absolute Gasteiger partial charge is 0.337 e. The van der Waals surface area contributed by atoms with Gasteiger partial charge in [0.1, 0.15) is 0 Å². The van der Waals surface area contributed by atoms with Crippen LogP contribution < -0.4 is 10.6 Å². The molecule has 7 nitrogen and oxygen atoms in total. The highest BCUT2D eigenvalue weighted by Gasteiger charge is 2.14. The van der Waals surface area contributed by atoms with E-state index in [0.29, 0.717) is 24.2 Å². The van der Waals surface area contributed by atoms with Crippen molar-refractivity contribution in [3.63, 3.8) is 0 Å². The molecular weight excluding hydrogens is 356 g/mol. The molecular formula is C18H20N2O5S. The number of nitrogens with one attached hydrogen (secondary N) is 2. The highest BCUT2D eigenvalue weighted by Crippen LogP contribution is 2.22. The van der Waals surface area contributed by atoms with Gasteiger partial charge in [-0.05, 0) is 49.7 Å². The van der Waals surface area contributed by atoms with E-state index in [1.54, 1.807) is 6.92 Å². The molecule has 0 aliphatic carbocycles. The average molecular weight is 376 g/mol. The number of aliphatic hydroxyl groups is 1. The molecule has 8 heteroatoms. The number of benzene rings is 1. The van der Waals surface area contributed by atoms with Crippen molar-refractivity contribution in [3.05, 3.63) is 51.7 Å². The summed E-state index contributed by atoms with van der Waals surface area (Å²) >= 11 is 1.47. The van der Waals surface area contributed by atoms with Gasteiger partial charge in [0.15, 0.2) is 0 Å². The summed E-state index contributed by atoms with van der Waals surface area (Å²) in [6.07, 6.45) is 0.0595. The van der Waals surface area contributed by atoms with E-state index in [1.807, 2.05) is 12.1 Å². The van der Waals surface area contributed by atoms with Crippen LogP contribution in [0, 0.1) is 0 Å². The first-order chi connectivity index (χ1) is 12.4. The third kappa shape index (κ3) is 5.40. The molecule has 26 heavy (non-hydrogen) atoms. The van der Waals surface area contributed by atoms with Crippen molar-refractivity contribution in [2.45, 2.75) is 19.4 Å². The molecule has 0 bridgehead atoms. The van der Waals surface area contributed by atoms with Gasteiger partial charge in [0.2, 0.25) is 0 Å². The summed E-state index contributed by atoms with van der Waals surface area (Å²) in [6.45, 7) is 2.01. The van der Waals surface area contributed by atoms with Crippen molar-refractivity contribution in [1.82, 2.24) is 5.32 Å². The number of amides is 2. The van der Waals surface area contributed by atoms with Crippen LogP contribution in [0.15, 0.2) is 36.4 Å². The Balaban J connectivity index is 1.79. The summed E-state index contributed by atoms with van der Waals surface area (Å²) in [6, 6.07) is 9.76. The van der Waals surface area contributed by atoms with Crippen molar-refractivity contribution < 1.29 is 24.2 Å². The topological polar surface area (TPSA) is 105 Å². The van der Waals surface area contributed by atoms with E-state index in [0.717, 1.165) is 9.75 Å². The number of anilines is 1. The number of aliphatic hydroxyl groups excluding tert-OH is 1. The molecule has 0 aliphatic rings. The minimum atomic E-state index is -0.785. The van der Waals surface area contributed by atoms with Crippen LogP contribution in [0.5, 0.6) is 0 Å². The number of esters is 1. The number of ether oxygens (including phenoxy) is 1. The quantitative estimate of drug-likeness (QED) is 0.527. The number of carbonyl (C=O) groups excluding carboxylic acids is 3. The van der Waals surface area contributed by atoms with Gasteiger partial charge >= 0.3 is 17.8 Å². The monoisotopic (exact) mass is 376 g/mol. The molecule has 2 rings (SSSR count). The molecule has 0 saturated carbocycles. The van der Waals surface area contributed by atoms with E-state index < -0.39 is 23.9 Å². The van der Waals surface area contributed by atoms with Crippen molar-refractivity contribution in [2.75, 3.05) is 19.0 Å². The lowest BCUT2D eigenvalue weighted by molar-refractivity contribution is -0.136. The van der Waals surface area contributed by atoms with Gasteiger partial charge in [0.25, 0.3) is 0 Å². The molecule has 1 aromatic heterocycles. The van der Waals surface area contributed by atoms with Crippen LogP contribution in [0.3, 0.4) is 0 Å². The van der Waals surface area contributed by atoms with Crippen molar-refractivity contribution in [2.24, 2.45) is 0 Å². The first kappa shape index (κ1) is 19.6. The van der Waals surface area contributed by atoms with Crippen molar-refractivity contribution in [3.8, 4) is 0 Å². The minimum absolute atomic E-state index is 0.313. The molecule has 0 fully saturated rings. The lowest BCUT2D eigenvalue weighted by atomic mass is 10.2. The second-order valence-electron chi connectivity index (χ2n) is 5.51. The lowest BCUT2D eigenvalue weighted by Gasteiger charge is -2.07. The van der Waals surface area contributed by atoms with Gasteiger partial charge in [-0.25, -0.2) is 4.79 Å². The second kappa shape index (κ2) is 9.12. The Morgan fingerprint density at radius 1 is 1.12 bits per heavy atom. The van der Waals surface area contributed by atoms with Gasteiger partial charge in [-0.3, -0.25) is 9.59 Å². The Morgan fingerprint density at radius 2 is 1.81 bits per heavy atom. The van der Waals surface area contributed by atoms with Crippen LogP contribution in [-0.4, -0.2) is 36.5 Å². The normalized spacial score (nSPS) is 11.5. The van der Waals surface area contributed by atoms with Crippen LogP contribution in [0.2, 0.25) is 0 Å². The molecule has 0 radical (unpaired) electrons. The van der Waals surface area contributed by atoms with E-state index >= 15 is 0 Å². The fraction of sp³-hybridized carbons (Fsp3) is 0.278. The molecule has 2 aromatic rings. The maximum atomic E-state index is 11.9. The zero-order chi connectivity index (χ0) is 19.1. The van der Waals surface area contributed by atoms with Gasteiger partial charge in [-0.15, -0.1) is 11.3 Å². The third-order valence-electron chi connectivity index (χ3n) is 3.52.